The number of nitrogens with one attached hydrogen (secondary N) is 1. The Bertz CT molecular complexity index is 553. The molecule has 0 bridgehead atoms. The average Bonchev–Trinajstić information content (AvgIpc) is 2.85. The number of rotatable bonds is 4. The Morgan fingerprint density at radius 3 is 2.47 bits per heavy atom. The average molecular weight is 315 g/mol. The summed E-state index contributed by atoms with van der Waals surface area (Å²) in [5, 5.41) is 6.51. The monoisotopic (exact) mass is 314 g/mol. The van der Waals surface area contributed by atoms with Crippen LogP contribution in [0.15, 0.2) is 29.6 Å². The van der Waals surface area contributed by atoms with E-state index in [-0.39, 0.29) is 6.04 Å². The number of hydrogen-bond acceptors (Lipinski definition) is 3. The minimum absolute atomic E-state index is 0.208. The van der Waals surface area contributed by atoms with Crippen molar-refractivity contribution in [3.8, 4) is 0 Å². The minimum atomic E-state index is 0.208. The Labute approximate surface area is 127 Å². The summed E-state index contributed by atoms with van der Waals surface area (Å²) in [6, 6.07) is 7.84. The van der Waals surface area contributed by atoms with Gasteiger partial charge in [-0.25, -0.2) is 0 Å². The molecule has 0 fully saturated rings. The van der Waals surface area contributed by atoms with Gasteiger partial charge in [0, 0.05) is 4.88 Å². The molecule has 2 aromatic rings. The van der Waals surface area contributed by atoms with Crippen molar-refractivity contribution in [3.63, 3.8) is 0 Å². The Balaban J connectivity index is 2.30. The molecular formula is C14H16Cl2N2S. The molecule has 1 heterocycles. The third-order valence-corrected chi connectivity index (χ3v) is 4.60. The van der Waals surface area contributed by atoms with E-state index in [0.717, 1.165) is 5.69 Å². The fourth-order valence-electron chi connectivity index (χ4n) is 1.89. The van der Waals surface area contributed by atoms with E-state index in [1.807, 2.05) is 0 Å². The van der Waals surface area contributed by atoms with Crippen LogP contribution in [0.3, 0.4) is 0 Å². The highest BCUT2D eigenvalue weighted by Gasteiger charge is 2.18. The van der Waals surface area contributed by atoms with E-state index in [0.29, 0.717) is 21.7 Å². The Kier molecular flexibility index (Phi) is 4.61. The van der Waals surface area contributed by atoms with Crippen molar-refractivity contribution in [1.29, 1.82) is 0 Å². The molecule has 102 valence electrons. The number of halogens is 2. The summed E-state index contributed by atoms with van der Waals surface area (Å²) in [4.78, 5) is 1.28. The SMILES string of the molecule is CC(C)C(Nc1cc(Cl)c(Cl)cc1N)c1cccs1. The standard InChI is InChI=1S/C14H16Cl2N2S/c1-8(2)14(13-4-3-5-19-13)18-12-7-10(16)9(15)6-11(12)17/h3-8,14,18H,17H2,1-2H3. The molecule has 1 unspecified atom stereocenters. The quantitative estimate of drug-likeness (QED) is 0.737. The molecule has 2 rings (SSSR count). The number of anilines is 2. The van der Waals surface area contributed by atoms with E-state index < -0.39 is 0 Å². The highest BCUT2D eigenvalue weighted by molar-refractivity contribution is 7.10. The van der Waals surface area contributed by atoms with E-state index >= 15 is 0 Å². The van der Waals surface area contributed by atoms with Crippen molar-refractivity contribution < 1.29 is 0 Å². The van der Waals surface area contributed by atoms with Crippen molar-refractivity contribution in [1.82, 2.24) is 0 Å². The van der Waals surface area contributed by atoms with E-state index in [1.54, 1.807) is 23.5 Å². The first-order valence-corrected chi connectivity index (χ1v) is 7.67. The molecule has 5 heteroatoms. The van der Waals surface area contributed by atoms with Crippen molar-refractivity contribution in [2.45, 2.75) is 19.9 Å². The zero-order chi connectivity index (χ0) is 14.0. The molecule has 0 saturated heterocycles. The van der Waals surface area contributed by atoms with Crippen LogP contribution in [-0.2, 0) is 0 Å². The van der Waals surface area contributed by atoms with Crippen LogP contribution in [0.5, 0.6) is 0 Å². The van der Waals surface area contributed by atoms with Gasteiger partial charge in [0.25, 0.3) is 0 Å². The number of nitrogen functional groups attached to an aromatic ring is 1. The molecular weight excluding hydrogens is 299 g/mol. The first kappa shape index (κ1) is 14.5. The van der Waals surface area contributed by atoms with Gasteiger partial charge in [-0.2, -0.15) is 0 Å². The summed E-state index contributed by atoms with van der Waals surface area (Å²) < 4.78 is 0. The maximum absolute atomic E-state index is 6.05. The fraction of sp³-hybridized carbons (Fsp3) is 0.286. The van der Waals surface area contributed by atoms with Gasteiger partial charge in [-0.3, -0.25) is 0 Å². The maximum atomic E-state index is 6.05. The van der Waals surface area contributed by atoms with Gasteiger partial charge in [-0.15, -0.1) is 11.3 Å². The molecule has 0 aliphatic carbocycles. The molecule has 19 heavy (non-hydrogen) atoms. The molecule has 3 N–H and O–H groups in total. The minimum Gasteiger partial charge on any atom is -0.397 e. The van der Waals surface area contributed by atoms with Crippen LogP contribution >= 0.6 is 34.5 Å². The predicted octanol–water partition coefficient (Wildman–Crippen LogP) is 5.45. The summed E-state index contributed by atoms with van der Waals surface area (Å²) in [5.74, 6) is 0.438. The largest absolute Gasteiger partial charge is 0.397 e. The van der Waals surface area contributed by atoms with Crippen LogP contribution in [0.2, 0.25) is 10.0 Å². The van der Waals surface area contributed by atoms with Crippen LogP contribution in [-0.4, -0.2) is 0 Å². The molecule has 0 amide bonds. The van der Waals surface area contributed by atoms with Gasteiger partial charge in [0.1, 0.15) is 0 Å². The number of nitrogens with two attached hydrogens (primary N) is 1. The second-order valence-electron chi connectivity index (χ2n) is 4.74. The number of thiophene rings is 1. The first-order chi connectivity index (χ1) is 8.99. The van der Waals surface area contributed by atoms with Crippen molar-refractivity contribution >= 4 is 45.9 Å². The van der Waals surface area contributed by atoms with Gasteiger partial charge in [-0.1, -0.05) is 43.1 Å². The number of benzene rings is 1. The third kappa shape index (κ3) is 3.35. The highest BCUT2D eigenvalue weighted by Crippen LogP contribution is 2.35. The highest BCUT2D eigenvalue weighted by atomic mass is 35.5. The topological polar surface area (TPSA) is 38.0 Å². The molecule has 0 spiro atoms. The number of hydrogen-bond donors (Lipinski definition) is 2. The van der Waals surface area contributed by atoms with Crippen LogP contribution < -0.4 is 11.1 Å². The molecule has 0 aliphatic heterocycles. The Hall–Kier alpha value is -0.900. The summed E-state index contributed by atoms with van der Waals surface area (Å²) in [6.45, 7) is 4.34. The van der Waals surface area contributed by atoms with Crippen molar-refractivity contribution in [3.05, 3.63) is 44.6 Å². The van der Waals surface area contributed by atoms with Crippen molar-refractivity contribution in [2.24, 2.45) is 5.92 Å². The van der Waals surface area contributed by atoms with Gasteiger partial charge in [-0.05, 0) is 29.5 Å². The Morgan fingerprint density at radius 2 is 1.89 bits per heavy atom. The summed E-state index contributed by atoms with van der Waals surface area (Å²) >= 11 is 13.7. The molecule has 1 aromatic heterocycles. The van der Waals surface area contributed by atoms with Gasteiger partial charge < -0.3 is 11.1 Å². The molecule has 1 aromatic carbocycles. The van der Waals surface area contributed by atoms with E-state index in [2.05, 4.69) is 36.7 Å². The molecule has 1 atom stereocenters. The van der Waals surface area contributed by atoms with Gasteiger partial charge >= 0.3 is 0 Å². The second-order valence-corrected chi connectivity index (χ2v) is 6.53. The van der Waals surface area contributed by atoms with Crippen LogP contribution in [0.25, 0.3) is 0 Å². The van der Waals surface area contributed by atoms with E-state index in [9.17, 15) is 0 Å². The van der Waals surface area contributed by atoms with Gasteiger partial charge in [0.05, 0.1) is 27.5 Å². The molecule has 0 radical (unpaired) electrons. The summed E-state index contributed by atoms with van der Waals surface area (Å²) in [7, 11) is 0. The Morgan fingerprint density at radius 1 is 1.21 bits per heavy atom. The molecule has 0 saturated carbocycles. The summed E-state index contributed by atoms with van der Waals surface area (Å²) in [6.07, 6.45) is 0. The van der Waals surface area contributed by atoms with Crippen LogP contribution in [0.1, 0.15) is 24.8 Å². The normalized spacial score (nSPS) is 12.7. The smallest absolute Gasteiger partial charge is 0.0630 e. The lowest BCUT2D eigenvalue weighted by molar-refractivity contribution is 0.554. The lowest BCUT2D eigenvalue weighted by Gasteiger charge is -2.23. The third-order valence-electron chi connectivity index (χ3n) is 2.92. The maximum Gasteiger partial charge on any atom is 0.0630 e. The fourth-order valence-corrected chi connectivity index (χ4v) is 3.17. The predicted molar refractivity (Wildman–Crippen MR) is 86.4 cm³/mol. The van der Waals surface area contributed by atoms with Crippen molar-refractivity contribution in [2.75, 3.05) is 11.1 Å². The molecule has 2 nitrogen and oxygen atoms in total. The zero-order valence-corrected chi connectivity index (χ0v) is 13.1. The molecule has 0 aliphatic rings. The van der Waals surface area contributed by atoms with E-state index in [1.165, 1.54) is 4.88 Å². The van der Waals surface area contributed by atoms with Gasteiger partial charge in [0.2, 0.25) is 0 Å². The first-order valence-electron chi connectivity index (χ1n) is 6.03. The summed E-state index contributed by atoms with van der Waals surface area (Å²) in [5.41, 5.74) is 7.42. The lowest BCUT2D eigenvalue weighted by Crippen LogP contribution is -2.16. The zero-order valence-electron chi connectivity index (χ0n) is 10.8. The van der Waals surface area contributed by atoms with Crippen LogP contribution in [0, 0.1) is 5.92 Å². The lowest BCUT2D eigenvalue weighted by atomic mass is 10.0. The van der Waals surface area contributed by atoms with E-state index in [4.69, 9.17) is 28.9 Å². The van der Waals surface area contributed by atoms with Crippen LogP contribution in [0.4, 0.5) is 11.4 Å². The second kappa shape index (κ2) is 6.04. The van der Waals surface area contributed by atoms with Gasteiger partial charge in [0.15, 0.2) is 0 Å².